The second-order valence-electron chi connectivity index (χ2n) is 7.00. The molecule has 0 aliphatic carbocycles. The van der Waals surface area contributed by atoms with Crippen LogP contribution >= 0.6 is 11.8 Å². The lowest BCUT2D eigenvalue weighted by atomic mass is 10.2. The molecule has 0 unspecified atom stereocenters. The summed E-state index contributed by atoms with van der Waals surface area (Å²) < 4.78 is 0. The smallest absolute Gasteiger partial charge is 0.233 e. The molecule has 0 saturated carbocycles. The molecule has 0 radical (unpaired) electrons. The van der Waals surface area contributed by atoms with E-state index in [2.05, 4.69) is 44.5 Å². The lowest BCUT2D eigenvalue weighted by Gasteiger charge is -2.18. The summed E-state index contributed by atoms with van der Waals surface area (Å²) in [6.07, 6.45) is 0. The largest absolute Gasteiger partial charge is 0.378 e. The number of nitrogens with zero attached hydrogens (tertiary/aromatic N) is 4. The second kappa shape index (κ2) is 9.60. The van der Waals surface area contributed by atoms with Crippen molar-refractivity contribution in [2.45, 2.75) is 18.6 Å². The van der Waals surface area contributed by atoms with Crippen molar-refractivity contribution in [1.82, 2.24) is 14.9 Å². The van der Waals surface area contributed by atoms with E-state index in [0.29, 0.717) is 17.5 Å². The van der Waals surface area contributed by atoms with Crippen molar-refractivity contribution in [3.8, 4) is 0 Å². The van der Waals surface area contributed by atoms with Crippen molar-refractivity contribution in [3.63, 3.8) is 0 Å². The van der Waals surface area contributed by atoms with Crippen LogP contribution in [-0.2, 0) is 11.3 Å². The Kier molecular flexibility index (Phi) is 6.93. The Morgan fingerprint density at radius 2 is 1.76 bits per heavy atom. The number of hydrogen-bond donors (Lipinski definition) is 1. The Morgan fingerprint density at radius 1 is 1.03 bits per heavy atom. The van der Waals surface area contributed by atoms with E-state index < -0.39 is 0 Å². The number of nitrogens with one attached hydrogen (secondary N) is 1. The third kappa shape index (κ3) is 5.38. The van der Waals surface area contributed by atoms with Gasteiger partial charge in [-0.1, -0.05) is 36.0 Å². The molecule has 1 amide bonds. The van der Waals surface area contributed by atoms with E-state index in [9.17, 15) is 4.79 Å². The van der Waals surface area contributed by atoms with Gasteiger partial charge in [0.15, 0.2) is 5.16 Å². The zero-order valence-corrected chi connectivity index (χ0v) is 18.2. The van der Waals surface area contributed by atoms with Crippen LogP contribution in [0.25, 0.3) is 10.9 Å². The van der Waals surface area contributed by atoms with Gasteiger partial charge in [0.2, 0.25) is 5.91 Å². The molecule has 29 heavy (non-hydrogen) atoms. The van der Waals surface area contributed by atoms with Gasteiger partial charge in [0.25, 0.3) is 0 Å². The molecule has 0 atom stereocenters. The topological polar surface area (TPSA) is 61.4 Å². The van der Waals surface area contributed by atoms with E-state index >= 15 is 0 Å². The van der Waals surface area contributed by atoms with Crippen LogP contribution in [-0.4, -0.2) is 54.2 Å². The van der Waals surface area contributed by atoms with Crippen LogP contribution in [0.1, 0.15) is 12.5 Å². The van der Waals surface area contributed by atoms with Crippen LogP contribution < -0.4 is 10.2 Å². The molecular formula is C22H27N5OS. The van der Waals surface area contributed by atoms with E-state index in [1.165, 1.54) is 11.8 Å². The molecule has 0 aliphatic rings. The lowest BCUT2D eigenvalue weighted by Crippen LogP contribution is -2.27. The highest BCUT2D eigenvalue weighted by Crippen LogP contribution is 2.24. The summed E-state index contributed by atoms with van der Waals surface area (Å²) in [5.74, 6) is 1.16. The third-order valence-electron chi connectivity index (χ3n) is 4.55. The molecule has 7 heteroatoms. The molecule has 0 spiro atoms. The summed E-state index contributed by atoms with van der Waals surface area (Å²) in [6, 6.07) is 16.1. The van der Waals surface area contributed by atoms with E-state index in [1.54, 1.807) is 4.90 Å². The quantitative estimate of drug-likeness (QED) is 0.450. The maximum atomic E-state index is 12.6. The van der Waals surface area contributed by atoms with Gasteiger partial charge in [-0.3, -0.25) is 4.79 Å². The molecule has 3 rings (SSSR count). The molecule has 1 aromatic heterocycles. The summed E-state index contributed by atoms with van der Waals surface area (Å²) in [7, 11) is 5.85. The maximum absolute atomic E-state index is 12.6. The fourth-order valence-corrected chi connectivity index (χ4v) is 3.71. The van der Waals surface area contributed by atoms with E-state index in [0.717, 1.165) is 34.5 Å². The second-order valence-corrected chi connectivity index (χ2v) is 7.94. The van der Waals surface area contributed by atoms with Gasteiger partial charge in [-0.2, -0.15) is 0 Å². The molecule has 0 aliphatic heterocycles. The number of anilines is 2. The molecule has 152 valence electrons. The number of carbonyl (C=O) groups is 1. The van der Waals surface area contributed by atoms with Crippen LogP contribution in [0, 0.1) is 0 Å². The van der Waals surface area contributed by atoms with Crippen molar-refractivity contribution in [2.75, 3.05) is 43.7 Å². The number of rotatable bonds is 8. The fourth-order valence-electron chi connectivity index (χ4n) is 2.92. The predicted octanol–water partition coefficient (Wildman–Crippen LogP) is 3.88. The molecule has 0 bridgehead atoms. The summed E-state index contributed by atoms with van der Waals surface area (Å²) >= 11 is 1.37. The standard InChI is InChI=1S/C22H27N5OS/c1-5-23-21-18-8-6-7-9-19(18)24-22(25-21)29-15-20(28)27(4)14-16-10-12-17(13-11-16)26(2)3/h6-13H,5,14-15H2,1-4H3,(H,23,24,25). The summed E-state index contributed by atoms with van der Waals surface area (Å²) in [5.41, 5.74) is 3.12. The number of benzene rings is 2. The highest BCUT2D eigenvalue weighted by molar-refractivity contribution is 7.99. The van der Waals surface area contributed by atoms with Crippen LogP contribution in [0.5, 0.6) is 0 Å². The van der Waals surface area contributed by atoms with Gasteiger partial charge in [-0.25, -0.2) is 9.97 Å². The average molecular weight is 410 g/mol. The van der Waals surface area contributed by atoms with E-state index in [-0.39, 0.29) is 5.91 Å². The first-order valence-electron chi connectivity index (χ1n) is 9.61. The lowest BCUT2D eigenvalue weighted by molar-refractivity contribution is -0.127. The number of amides is 1. The summed E-state index contributed by atoms with van der Waals surface area (Å²) in [6.45, 7) is 3.39. The van der Waals surface area contributed by atoms with Gasteiger partial charge in [-0.05, 0) is 36.8 Å². The van der Waals surface area contributed by atoms with Crippen LogP contribution in [0.15, 0.2) is 53.7 Å². The average Bonchev–Trinajstić information content (AvgIpc) is 2.72. The number of thioether (sulfide) groups is 1. The molecular weight excluding hydrogens is 382 g/mol. The van der Waals surface area contributed by atoms with Gasteiger partial charge in [0.05, 0.1) is 11.3 Å². The van der Waals surface area contributed by atoms with Gasteiger partial charge in [-0.15, -0.1) is 0 Å². The fraction of sp³-hybridized carbons (Fsp3) is 0.318. The highest BCUT2D eigenvalue weighted by Gasteiger charge is 2.13. The first-order chi connectivity index (χ1) is 14.0. The van der Waals surface area contributed by atoms with E-state index in [1.807, 2.05) is 52.3 Å². The third-order valence-corrected chi connectivity index (χ3v) is 5.38. The van der Waals surface area contributed by atoms with E-state index in [4.69, 9.17) is 0 Å². The van der Waals surface area contributed by atoms with Crippen LogP contribution in [0.4, 0.5) is 11.5 Å². The number of carbonyl (C=O) groups excluding carboxylic acids is 1. The minimum absolute atomic E-state index is 0.0495. The van der Waals surface area contributed by atoms with Crippen molar-refractivity contribution in [1.29, 1.82) is 0 Å². The van der Waals surface area contributed by atoms with Gasteiger partial charge >= 0.3 is 0 Å². The Hall–Kier alpha value is -2.80. The number of fused-ring (bicyclic) bond motifs is 1. The normalized spacial score (nSPS) is 10.8. The monoisotopic (exact) mass is 409 g/mol. The first-order valence-corrected chi connectivity index (χ1v) is 10.6. The maximum Gasteiger partial charge on any atom is 0.233 e. The summed E-state index contributed by atoms with van der Waals surface area (Å²) in [5, 5.41) is 4.88. The Labute approximate surface area is 176 Å². The zero-order chi connectivity index (χ0) is 20.8. The molecule has 2 aromatic carbocycles. The zero-order valence-electron chi connectivity index (χ0n) is 17.3. The molecule has 1 N–H and O–H groups in total. The number of aromatic nitrogens is 2. The highest BCUT2D eigenvalue weighted by atomic mass is 32.2. The number of hydrogen-bond acceptors (Lipinski definition) is 6. The Morgan fingerprint density at radius 3 is 2.45 bits per heavy atom. The van der Waals surface area contributed by atoms with Gasteiger partial charge in [0.1, 0.15) is 5.82 Å². The molecule has 1 heterocycles. The molecule has 0 fully saturated rings. The van der Waals surface area contributed by atoms with Crippen LogP contribution in [0.2, 0.25) is 0 Å². The minimum atomic E-state index is 0.0495. The Balaban J connectivity index is 1.63. The van der Waals surface area contributed by atoms with Gasteiger partial charge in [0, 0.05) is 45.3 Å². The van der Waals surface area contributed by atoms with Crippen molar-refractivity contribution in [2.24, 2.45) is 0 Å². The summed E-state index contributed by atoms with van der Waals surface area (Å²) in [4.78, 5) is 25.6. The molecule has 3 aromatic rings. The Bertz CT molecular complexity index is 975. The first kappa shape index (κ1) is 20.9. The molecule has 0 saturated heterocycles. The van der Waals surface area contributed by atoms with Gasteiger partial charge < -0.3 is 15.1 Å². The van der Waals surface area contributed by atoms with Crippen molar-refractivity contribution in [3.05, 3.63) is 54.1 Å². The van der Waals surface area contributed by atoms with Crippen molar-refractivity contribution < 1.29 is 4.79 Å². The number of para-hydroxylation sites is 1. The SMILES string of the molecule is CCNc1nc(SCC(=O)N(C)Cc2ccc(N(C)C)cc2)nc2ccccc12. The van der Waals surface area contributed by atoms with Crippen molar-refractivity contribution >= 4 is 40.1 Å². The molecule has 6 nitrogen and oxygen atoms in total. The van der Waals surface area contributed by atoms with Crippen LogP contribution in [0.3, 0.4) is 0 Å². The predicted molar refractivity (Wildman–Crippen MR) is 122 cm³/mol. The minimum Gasteiger partial charge on any atom is -0.378 e.